The minimum atomic E-state index is -0.313. The van der Waals surface area contributed by atoms with E-state index in [1.54, 1.807) is 12.1 Å². The molecule has 0 radical (unpaired) electrons. The standard InChI is InChI=1S/C21H22N4O2/c22-19-20(24-12-10-23-11-13-24)16-8-4-5-9-17(16)25(21(19)27)14-18(26)15-6-2-1-3-7-15/h1-9,23H,10-14,22H2. The number of nitrogens with two attached hydrogens (primary N) is 1. The number of benzene rings is 2. The average molecular weight is 362 g/mol. The Labute approximate surface area is 157 Å². The Morgan fingerprint density at radius 2 is 1.67 bits per heavy atom. The number of hydrogen-bond acceptors (Lipinski definition) is 5. The van der Waals surface area contributed by atoms with Gasteiger partial charge in [-0.3, -0.25) is 14.2 Å². The Morgan fingerprint density at radius 3 is 2.41 bits per heavy atom. The maximum atomic E-state index is 13.1. The van der Waals surface area contributed by atoms with Gasteiger partial charge >= 0.3 is 0 Å². The number of anilines is 2. The van der Waals surface area contributed by atoms with Crippen molar-refractivity contribution in [2.24, 2.45) is 0 Å². The molecule has 6 nitrogen and oxygen atoms in total. The molecule has 1 aromatic heterocycles. The number of nitrogens with one attached hydrogen (secondary N) is 1. The Bertz CT molecular complexity index is 1040. The fourth-order valence-electron chi connectivity index (χ4n) is 3.66. The molecule has 0 atom stereocenters. The van der Waals surface area contributed by atoms with Gasteiger partial charge in [0, 0.05) is 37.1 Å². The van der Waals surface area contributed by atoms with E-state index in [2.05, 4.69) is 10.2 Å². The van der Waals surface area contributed by atoms with Crippen LogP contribution in [0.25, 0.3) is 10.9 Å². The lowest BCUT2D eigenvalue weighted by Crippen LogP contribution is -2.44. The number of fused-ring (bicyclic) bond motifs is 1. The fraction of sp³-hybridized carbons (Fsp3) is 0.238. The molecule has 6 heteroatoms. The van der Waals surface area contributed by atoms with Gasteiger partial charge in [0.1, 0.15) is 5.69 Å². The highest BCUT2D eigenvalue weighted by atomic mass is 16.1. The molecular weight excluding hydrogens is 340 g/mol. The van der Waals surface area contributed by atoms with E-state index in [1.165, 1.54) is 4.57 Å². The first kappa shape index (κ1) is 17.3. The largest absolute Gasteiger partial charge is 0.393 e. The van der Waals surface area contributed by atoms with Crippen LogP contribution in [0.15, 0.2) is 59.4 Å². The molecule has 0 unspecified atom stereocenters. The van der Waals surface area contributed by atoms with Crippen LogP contribution in [-0.4, -0.2) is 36.5 Å². The summed E-state index contributed by atoms with van der Waals surface area (Å²) in [6.45, 7) is 3.25. The molecule has 1 saturated heterocycles. The number of aromatic nitrogens is 1. The minimum absolute atomic E-state index is 0.0323. The van der Waals surface area contributed by atoms with Crippen molar-refractivity contribution in [3.8, 4) is 0 Å². The van der Waals surface area contributed by atoms with E-state index < -0.39 is 0 Å². The zero-order valence-corrected chi connectivity index (χ0v) is 15.0. The van der Waals surface area contributed by atoms with Gasteiger partial charge in [0.25, 0.3) is 5.56 Å². The van der Waals surface area contributed by atoms with Gasteiger partial charge in [-0.1, -0.05) is 48.5 Å². The van der Waals surface area contributed by atoms with E-state index in [4.69, 9.17) is 5.73 Å². The minimum Gasteiger partial charge on any atom is -0.393 e. The Kier molecular flexibility index (Phi) is 4.64. The molecule has 1 aliphatic rings. The van der Waals surface area contributed by atoms with Gasteiger partial charge in [0.15, 0.2) is 5.78 Å². The second-order valence-corrected chi connectivity index (χ2v) is 6.70. The molecule has 138 valence electrons. The number of pyridine rings is 1. The summed E-state index contributed by atoms with van der Waals surface area (Å²) in [6.07, 6.45) is 0. The zero-order valence-electron chi connectivity index (χ0n) is 15.0. The molecule has 3 aromatic rings. The molecule has 27 heavy (non-hydrogen) atoms. The average Bonchev–Trinajstić information content (AvgIpc) is 2.73. The predicted octanol–water partition coefficient (Wildman–Crippen LogP) is 1.88. The van der Waals surface area contributed by atoms with Gasteiger partial charge in [-0.25, -0.2) is 0 Å². The maximum absolute atomic E-state index is 13.1. The number of ketones is 1. The molecular formula is C21H22N4O2. The number of rotatable bonds is 4. The Morgan fingerprint density at radius 1 is 1.00 bits per heavy atom. The summed E-state index contributed by atoms with van der Waals surface area (Å²) in [7, 11) is 0. The molecule has 3 N–H and O–H groups in total. The summed E-state index contributed by atoms with van der Waals surface area (Å²) >= 11 is 0. The number of nitrogens with zero attached hydrogens (tertiary/aromatic N) is 2. The molecule has 2 heterocycles. The van der Waals surface area contributed by atoms with E-state index in [-0.39, 0.29) is 23.6 Å². The van der Waals surface area contributed by atoms with Crippen molar-refractivity contribution in [3.63, 3.8) is 0 Å². The lowest BCUT2D eigenvalue weighted by atomic mass is 10.1. The van der Waals surface area contributed by atoms with Gasteiger partial charge in [0.2, 0.25) is 0 Å². The van der Waals surface area contributed by atoms with Gasteiger partial charge in [-0.2, -0.15) is 0 Å². The number of Topliss-reactive ketones (excluding diaryl/α,β-unsaturated/α-hetero) is 1. The van der Waals surface area contributed by atoms with E-state index in [0.29, 0.717) is 5.56 Å². The summed E-state index contributed by atoms with van der Waals surface area (Å²) in [5, 5.41) is 4.21. The van der Waals surface area contributed by atoms with Crippen LogP contribution in [0.3, 0.4) is 0 Å². The zero-order chi connectivity index (χ0) is 18.8. The highest BCUT2D eigenvalue weighted by molar-refractivity contribution is 6.00. The molecule has 1 aliphatic heterocycles. The molecule has 0 aliphatic carbocycles. The third-order valence-electron chi connectivity index (χ3n) is 5.01. The van der Waals surface area contributed by atoms with Crippen molar-refractivity contribution >= 4 is 28.1 Å². The second-order valence-electron chi connectivity index (χ2n) is 6.70. The topological polar surface area (TPSA) is 80.4 Å². The van der Waals surface area contributed by atoms with Crippen LogP contribution in [0.5, 0.6) is 0 Å². The number of nitrogen functional groups attached to an aromatic ring is 1. The summed E-state index contributed by atoms with van der Waals surface area (Å²) in [5.41, 5.74) is 8.27. The quantitative estimate of drug-likeness (QED) is 0.693. The van der Waals surface area contributed by atoms with Gasteiger partial charge < -0.3 is 16.0 Å². The molecule has 2 aromatic carbocycles. The molecule has 0 bridgehead atoms. The first-order chi connectivity index (χ1) is 13.2. The third kappa shape index (κ3) is 3.19. The Balaban J connectivity index is 1.84. The van der Waals surface area contributed by atoms with Crippen molar-refractivity contribution in [2.75, 3.05) is 36.8 Å². The lowest BCUT2D eigenvalue weighted by Gasteiger charge is -2.31. The number of carbonyl (C=O) groups is 1. The van der Waals surface area contributed by atoms with Crippen LogP contribution in [0.2, 0.25) is 0 Å². The molecule has 0 amide bonds. The normalized spacial score (nSPS) is 14.4. The fourth-order valence-corrected chi connectivity index (χ4v) is 3.66. The van der Waals surface area contributed by atoms with Crippen molar-refractivity contribution in [1.82, 2.24) is 9.88 Å². The van der Waals surface area contributed by atoms with E-state index in [1.807, 2.05) is 42.5 Å². The Hall–Kier alpha value is -3.12. The molecule has 1 fully saturated rings. The number of piperazine rings is 1. The lowest BCUT2D eigenvalue weighted by molar-refractivity contribution is 0.0972. The van der Waals surface area contributed by atoms with Crippen LogP contribution >= 0.6 is 0 Å². The van der Waals surface area contributed by atoms with Crippen LogP contribution in [-0.2, 0) is 6.54 Å². The van der Waals surface area contributed by atoms with Crippen LogP contribution in [0.4, 0.5) is 11.4 Å². The van der Waals surface area contributed by atoms with Crippen LogP contribution in [0.1, 0.15) is 10.4 Å². The van der Waals surface area contributed by atoms with Crippen LogP contribution in [0, 0.1) is 0 Å². The third-order valence-corrected chi connectivity index (χ3v) is 5.01. The maximum Gasteiger partial charge on any atom is 0.276 e. The van der Waals surface area contributed by atoms with Crippen molar-refractivity contribution in [2.45, 2.75) is 6.54 Å². The number of para-hydroxylation sites is 1. The summed E-state index contributed by atoms with van der Waals surface area (Å²) in [6, 6.07) is 16.7. The van der Waals surface area contributed by atoms with E-state index in [9.17, 15) is 9.59 Å². The van der Waals surface area contributed by atoms with Crippen molar-refractivity contribution < 1.29 is 4.79 Å². The van der Waals surface area contributed by atoms with E-state index in [0.717, 1.165) is 42.8 Å². The smallest absolute Gasteiger partial charge is 0.276 e. The summed E-state index contributed by atoms with van der Waals surface area (Å²) < 4.78 is 1.49. The highest BCUT2D eigenvalue weighted by Gasteiger charge is 2.21. The molecule has 0 spiro atoms. The monoisotopic (exact) mass is 362 g/mol. The second kappa shape index (κ2) is 7.25. The molecule has 4 rings (SSSR count). The van der Waals surface area contributed by atoms with Gasteiger partial charge in [-0.05, 0) is 6.07 Å². The van der Waals surface area contributed by atoms with E-state index >= 15 is 0 Å². The first-order valence-electron chi connectivity index (χ1n) is 9.12. The first-order valence-corrected chi connectivity index (χ1v) is 9.12. The SMILES string of the molecule is Nc1c(N2CCNCC2)c2ccccc2n(CC(=O)c2ccccc2)c1=O. The summed E-state index contributed by atoms with van der Waals surface area (Å²) in [5.74, 6) is -0.114. The van der Waals surface area contributed by atoms with Crippen molar-refractivity contribution in [3.05, 3.63) is 70.5 Å². The van der Waals surface area contributed by atoms with Gasteiger partial charge in [0.05, 0.1) is 17.7 Å². The molecule has 0 saturated carbocycles. The van der Waals surface area contributed by atoms with Crippen LogP contribution < -0.4 is 21.5 Å². The summed E-state index contributed by atoms with van der Waals surface area (Å²) in [4.78, 5) is 27.9. The predicted molar refractivity (Wildman–Crippen MR) is 108 cm³/mol. The number of hydrogen-bond donors (Lipinski definition) is 2. The van der Waals surface area contributed by atoms with Gasteiger partial charge in [-0.15, -0.1) is 0 Å². The number of carbonyl (C=O) groups excluding carboxylic acids is 1. The van der Waals surface area contributed by atoms with Crippen molar-refractivity contribution in [1.29, 1.82) is 0 Å². The highest BCUT2D eigenvalue weighted by Crippen LogP contribution is 2.30.